The van der Waals surface area contributed by atoms with Crippen molar-refractivity contribution in [2.24, 2.45) is 0 Å². The molecule has 0 unspecified atom stereocenters. The molecule has 0 aliphatic heterocycles. The molecule has 2 rings (SSSR count). The van der Waals surface area contributed by atoms with Crippen LogP contribution in [-0.2, 0) is 0 Å². The van der Waals surface area contributed by atoms with Crippen LogP contribution in [0.4, 0.5) is 0 Å². The molecule has 0 spiro atoms. The molecule has 17 heavy (non-hydrogen) atoms. The van der Waals surface area contributed by atoms with Gasteiger partial charge >= 0.3 is 0 Å². The molecule has 0 bridgehead atoms. The van der Waals surface area contributed by atoms with E-state index >= 15 is 0 Å². The lowest BCUT2D eigenvalue weighted by molar-refractivity contribution is 1.55. The minimum absolute atomic E-state index is 0.830. The molecule has 1 heteroatoms. The fraction of sp³-hybridized carbons (Fsp3) is 0. The van der Waals surface area contributed by atoms with Crippen LogP contribution in [0.1, 0.15) is 16.7 Å². The molecule has 0 nitrogen and oxygen atoms in total. The summed E-state index contributed by atoms with van der Waals surface area (Å²) in [5.74, 6) is 8.81. The quantitative estimate of drug-likeness (QED) is 0.644. The maximum atomic E-state index is 5.38. The number of rotatable bonds is 0. The van der Waals surface area contributed by atoms with Crippen LogP contribution in [0.2, 0.25) is 0 Å². The van der Waals surface area contributed by atoms with Gasteiger partial charge < -0.3 is 0 Å². The lowest BCUT2D eigenvalue weighted by Gasteiger charge is -1.95. The van der Waals surface area contributed by atoms with Crippen LogP contribution in [0, 0.1) is 24.2 Å². The van der Waals surface area contributed by atoms with Crippen LogP contribution in [0.5, 0.6) is 0 Å². The highest BCUT2D eigenvalue weighted by Gasteiger charge is 1.94. The first kappa shape index (κ1) is 11.5. The van der Waals surface area contributed by atoms with Crippen molar-refractivity contribution in [2.75, 3.05) is 0 Å². The summed E-state index contributed by atoms with van der Waals surface area (Å²) in [6, 6.07) is 15.6. The molecule has 80 valence electrons. The van der Waals surface area contributed by atoms with Crippen LogP contribution in [0.25, 0.3) is 0 Å². The second kappa shape index (κ2) is 5.39. The third-order valence-corrected chi connectivity index (χ3v) is 2.65. The van der Waals surface area contributed by atoms with Gasteiger partial charge in [-0.3, -0.25) is 0 Å². The first-order valence-electron chi connectivity index (χ1n) is 5.12. The Bertz CT molecular complexity index is 622. The summed E-state index contributed by atoms with van der Waals surface area (Å²) in [5, 5.41) is 0. The van der Waals surface area contributed by atoms with E-state index < -0.39 is 0 Å². The molecule has 0 amide bonds. The van der Waals surface area contributed by atoms with Gasteiger partial charge in [0.2, 0.25) is 0 Å². The van der Waals surface area contributed by atoms with E-state index in [1.165, 1.54) is 0 Å². The lowest BCUT2D eigenvalue weighted by atomic mass is 10.1. The van der Waals surface area contributed by atoms with Gasteiger partial charge in [0.25, 0.3) is 0 Å². The predicted molar refractivity (Wildman–Crippen MR) is 74.5 cm³/mol. The van der Waals surface area contributed by atoms with Gasteiger partial charge in [0, 0.05) is 21.2 Å². The van der Waals surface area contributed by atoms with Crippen molar-refractivity contribution in [1.82, 2.24) is 0 Å². The molecule has 0 fully saturated rings. The standard InChI is InChI=1S/C16H9Br/c1-2-13-10-15(12-16(17)11-13)9-8-14-6-4-3-5-7-14/h1,3-7,10-12H. The second-order valence-electron chi connectivity index (χ2n) is 3.49. The normalized spacial score (nSPS) is 8.94. The van der Waals surface area contributed by atoms with E-state index in [1.807, 2.05) is 48.5 Å². The van der Waals surface area contributed by atoms with Gasteiger partial charge in [-0.1, -0.05) is 51.9 Å². The molecule has 0 aliphatic rings. The Labute approximate surface area is 110 Å². The Morgan fingerprint density at radius 3 is 2.18 bits per heavy atom. The number of benzene rings is 2. The summed E-state index contributed by atoms with van der Waals surface area (Å²) in [4.78, 5) is 0. The Kier molecular flexibility index (Phi) is 3.66. The molecule has 0 heterocycles. The van der Waals surface area contributed by atoms with Crippen molar-refractivity contribution in [3.8, 4) is 24.2 Å². The number of halogens is 1. The molecule has 0 saturated heterocycles. The molecule has 2 aromatic rings. The molecule has 0 radical (unpaired) electrons. The maximum absolute atomic E-state index is 5.38. The van der Waals surface area contributed by atoms with E-state index in [0.29, 0.717) is 0 Å². The van der Waals surface area contributed by atoms with Gasteiger partial charge in [0.15, 0.2) is 0 Å². The number of terminal acetylenes is 1. The topological polar surface area (TPSA) is 0 Å². The lowest BCUT2D eigenvalue weighted by Crippen LogP contribution is -1.80. The fourth-order valence-corrected chi connectivity index (χ4v) is 1.90. The van der Waals surface area contributed by atoms with Gasteiger partial charge in [0.1, 0.15) is 0 Å². The molecular formula is C16H9Br. The summed E-state index contributed by atoms with van der Waals surface area (Å²) >= 11 is 3.42. The second-order valence-corrected chi connectivity index (χ2v) is 4.40. The van der Waals surface area contributed by atoms with Gasteiger partial charge in [-0.25, -0.2) is 0 Å². The highest BCUT2D eigenvalue weighted by molar-refractivity contribution is 9.10. The van der Waals surface area contributed by atoms with Gasteiger partial charge in [-0.05, 0) is 30.3 Å². The summed E-state index contributed by atoms with van der Waals surface area (Å²) in [6.45, 7) is 0. The van der Waals surface area contributed by atoms with Crippen molar-refractivity contribution >= 4 is 15.9 Å². The van der Waals surface area contributed by atoms with E-state index in [1.54, 1.807) is 0 Å². The summed E-state index contributed by atoms with van der Waals surface area (Å²) in [7, 11) is 0. The summed E-state index contributed by atoms with van der Waals surface area (Å²) in [5.41, 5.74) is 2.74. The van der Waals surface area contributed by atoms with Crippen molar-refractivity contribution in [1.29, 1.82) is 0 Å². The van der Waals surface area contributed by atoms with Crippen LogP contribution in [-0.4, -0.2) is 0 Å². The Morgan fingerprint density at radius 2 is 1.47 bits per heavy atom. The van der Waals surface area contributed by atoms with E-state index in [2.05, 4.69) is 33.7 Å². The number of hydrogen-bond acceptors (Lipinski definition) is 0. The van der Waals surface area contributed by atoms with Gasteiger partial charge in [-0.2, -0.15) is 0 Å². The van der Waals surface area contributed by atoms with Crippen LogP contribution in [0.3, 0.4) is 0 Å². The van der Waals surface area contributed by atoms with Crippen molar-refractivity contribution in [2.45, 2.75) is 0 Å². The average molecular weight is 281 g/mol. The summed E-state index contributed by atoms with van der Waals surface area (Å²) in [6.07, 6.45) is 5.38. The smallest absolute Gasteiger partial charge is 0.0272 e. The van der Waals surface area contributed by atoms with Crippen molar-refractivity contribution in [3.63, 3.8) is 0 Å². The van der Waals surface area contributed by atoms with E-state index in [4.69, 9.17) is 6.42 Å². The highest BCUT2D eigenvalue weighted by atomic mass is 79.9. The third kappa shape index (κ3) is 3.25. The summed E-state index contributed by atoms with van der Waals surface area (Å²) < 4.78 is 0.949. The zero-order valence-corrected chi connectivity index (χ0v) is 10.7. The minimum Gasteiger partial charge on any atom is -0.115 e. The number of hydrogen-bond donors (Lipinski definition) is 0. The fourth-order valence-electron chi connectivity index (χ4n) is 1.41. The van der Waals surface area contributed by atoms with Crippen molar-refractivity contribution < 1.29 is 0 Å². The maximum Gasteiger partial charge on any atom is 0.0272 e. The molecule has 0 atom stereocenters. The zero-order valence-electron chi connectivity index (χ0n) is 9.07. The molecule has 0 N–H and O–H groups in total. The Hall–Kier alpha value is -1.96. The average Bonchev–Trinajstić information content (AvgIpc) is 2.37. The first-order valence-corrected chi connectivity index (χ1v) is 5.91. The Balaban J connectivity index is 2.35. The van der Waals surface area contributed by atoms with E-state index in [-0.39, 0.29) is 0 Å². The highest BCUT2D eigenvalue weighted by Crippen LogP contribution is 2.14. The minimum atomic E-state index is 0.830. The van der Waals surface area contributed by atoms with Gasteiger partial charge in [-0.15, -0.1) is 6.42 Å². The van der Waals surface area contributed by atoms with E-state index in [9.17, 15) is 0 Å². The first-order chi connectivity index (χ1) is 8.28. The molecule has 2 aromatic carbocycles. The van der Waals surface area contributed by atoms with Gasteiger partial charge in [0.05, 0.1) is 0 Å². The molecule has 0 aliphatic carbocycles. The van der Waals surface area contributed by atoms with Crippen LogP contribution >= 0.6 is 15.9 Å². The molecule has 0 aromatic heterocycles. The molecular weight excluding hydrogens is 272 g/mol. The van der Waals surface area contributed by atoms with Crippen LogP contribution in [0.15, 0.2) is 53.0 Å². The molecule has 0 saturated carbocycles. The predicted octanol–water partition coefficient (Wildman–Crippen LogP) is 3.83. The van der Waals surface area contributed by atoms with Crippen molar-refractivity contribution in [3.05, 3.63) is 69.7 Å². The third-order valence-electron chi connectivity index (χ3n) is 2.19. The SMILES string of the molecule is C#Cc1cc(Br)cc(C#Cc2ccccc2)c1. The largest absolute Gasteiger partial charge is 0.115 e. The monoisotopic (exact) mass is 280 g/mol. The van der Waals surface area contributed by atoms with Crippen LogP contribution < -0.4 is 0 Å². The zero-order chi connectivity index (χ0) is 12.1. The Morgan fingerprint density at radius 1 is 0.824 bits per heavy atom. The van der Waals surface area contributed by atoms with E-state index in [0.717, 1.165) is 21.2 Å².